The fourth-order valence-electron chi connectivity index (χ4n) is 1.69. The smallest absolute Gasteiger partial charge is 0.202 e. The third kappa shape index (κ3) is 4.60. The lowest BCUT2D eigenvalue weighted by atomic mass is 9.96. The van der Waals surface area contributed by atoms with E-state index in [1.54, 1.807) is 0 Å². The normalized spacial score (nSPS) is 14.1. The molecule has 1 N–H and O–H groups in total. The van der Waals surface area contributed by atoms with Gasteiger partial charge in [-0.1, -0.05) is 45.0 Å². The van der Waals surface area contributed by atoms with Crippen LogP contribution in [-0.2, 0) is 10.2 Å². The van der Waals surface area contributed by atoms with Crippen LogP contribution in [0.4, 0.5) is 0 Å². The van der Waals surface area contributed by atoms with Crippen molar-refractivity contribution in [2.24, 2.45) is 0 Å². The van der Waals surface area contributed by atoms with Crippen molar-refractivity contribution in [2.75, 3.05) is 20.6 Å². The van der Waals surface area contributed by atoms with Gasteiger partial charge < -0.3 is 0 Å². The maximum Gasteiger partial charge on any atom is 0.278 e. The molecule has 0 aromatic heterocycles. The number of rotatable bonds is 6. The maximum absolute atomic E-state index is 11.6. The molecule has 4 nitrogen and oxygen atoms in total. The Morgan fingerprint density at radius 1 is 1.05 bits per heavy atom. The summed E-state index contributed by atoms with van der Waals surface area (Å²) < 4.78 is 27.0. The molecule has 0 aliphatic carbocycles. The van der Waals surface area contributed by atoms with Gasteiger partial charge >= 0.3 is 0 Å². The van der Waals surface area contributed by atoms with Gasteiger partial charge in [0.25, 0.3) is 10.2 Å². The second-order valence-corrected chi connectivity index (χ2v) is 7.33. The van der Waals surface area contributed by atoms with Crippen LogP contribution in [0.15, 0.2) is 24.3 Å². The topological polar surface area (TPSA) is 49.4 Å². The van der Waals surface area contributed by atoms with Gasteiger partial charge in [0.2, 0.25) is 0 Å². The third-order valence-corrected chi connectivity index (χ3v) is 4.72. The summed E-state index contributed by atoms with van der Waals surface area (Å²) in [7, 11) is -0.303. The van der Waals surface area contributed by atoms with Crippen LogP contribution in [-0.4, -0.2) is 33.4 Å². The Morgan fingerprint density at radius 2 is 1.53 bits per heavy atom. The first-order valence-electron chi connectivity index (χ1n) is 6.51. The van der Waals surface area contributed by atoms with E-state index in [0.29, 0.717) is 12.5 Å². The Morgan fingerprint density at radius 3 is 1.95 bits per heavy atom. The van der Waals surface area contributed by atoms with E-state index in [-0.39, 0.29) is 5.92 Å². The first kappa shape index (κ1) is 16.1. The van der Waals surface area contributed by atoms with E-state index in [9.17, 15) is 8.42 Å². The Kier molecular flexibility index (Phi) is 5.52. The van der Waals surface area contributed by atoms with Crippen molar-refractivity contribution in [3.63, 3.8) is 0 Å². The SMILES string of the molecule is CC(C)c1ccc(C(C)CNS(=O)(=O)N(C)C)cc1. The molecule has 0 amide bonds. The molecule has 0 radical (unpaired) electrons. The summed E-state index contributed by atoms with van der Waals surface area (Å²) in [4.78, 5) is 0. The van der Waals surface area contributed by atoms with Crippen LogP contribution in [0, 0.1) is 0 Å². The minimum Gasteiger partial charge on any atom is -0.202 e. The average Bonchev–Trinajstić information content (AvgIpc) is 2.36. The van der Waals surface area contributed by atoms with Crippen molar-refractivity contribution in [3.05, 3.63) is 35.4 Å². The summed E-state index contributed by atoms with van der Waals surface area (Å²) in [6.07, 6.45) is 0. The lowest BCUT2D eigenvalue weighted by Gasteiger charge is -2.17. The lowest BCUT2D eigenvalue weighted by molar-refractivity contribution is 0.501. The van der Waals surface area contributed by atoms with Gasteiger partial charge in [-0.3, -0.25) is 0 Å². The zero-order valence-electron chi connectivity index (χ0n) is 12.3. The molecule has 1 unspecified atom stereocenters. The maximum atomic E-state index is 11.6. The van der Waals surface area contributed by atoms with Gasteiger partial charge in [-0.05, 0) is 23.0 Å². The summed E-state index contributed by atoms with van der Waals surface area (Å²) in [6, 6.07) is 8.36. The van der Waals surface area contributed by atoms with E-state index in [0.717, 1.165) is 5.56 Å². The molecule has 0 aliphatic rings. The number of hydrogen-bond acceptors (Lipinski definition) is 2. The first-order valence-corrected chi connectivity index (χ1v) is 7.95. The fraction of sp³-hybridized carbons (Fsp3) is 0.571. The van der Waals surface area contributed by atoms with E-state index in [4.69, 9.17) is 0 Å². The van der Waals surface area contributed by atoms with Crippen molar-refractivity contribution < 1.29 is 8.42 Å². The predicted molar refractivity (Wildman–Crippen MR) is 79.6 cm³/mol. The molecule has 0 heterocycles. The van der Waals surface area contributed by atoms with Crippen LogP contribution in [0.1, 0.15) is 43.7 Å². The summed E-state index contributed by atoms with van der Waals surface area (Å²) in [5.74, 6) is 0.660. The quantitative estimate of drug-likeness (QED) is 0.871. The highest BCUT2D eigenvalue weighted by molar-refractivity contribution is 7.87. The molecular weight excluding hydrogens is 260 g/mol. The van der Waals surface area contributed by atoms with Crippen molar-refractivity contribution >= 4 is 10.2 Å². The molecule has 0 saturated carbocycles. The van der Waals surface area contributed by atoms with Gasteiger partial charge in [0.1, 0.15) is 0 Å². The minimum atomic E-state index is -3.34. The number of benzene rings is 1. The third-order valence-electron chi connectivity index (χ3n) is 3.22. The molecule has 1 aromatic carbocycles. The van der Waals surface area contributed by atoms with E-state index in [2.05, 4.69) is 42.8 Å². The molecule has 0 saturated heterocycles. The minimum absolute atomic E-state index is 0.149. The molecule has 0 bridgehead atoms. The number of hydrogen-bond donors (Lipinski definition) is 1. The van der Waals surface area contributed by atoms with Crippen molar-refractivity contribution in [3.8, 4) is 0 Å². The Balaban J connectivity index is 2.66. The number of nitrogens with one attached hydrogen (secondary N) is 1. The highest BCUT2D eigenvalue weighted by atomic mass is 32.2. The van der Waals surface area contributed by atoms with Gasteiger partial charge in [-0.15, -0.1) is 0 Å². The van der Waals surface area contributed by atoms with Gasteiger partial charge in [0, 0.05) is 20.6 Å². The van der Waals surface area contributed by atoms with Gasteiger partial charge in [0.15, 0.2) is 0 Å². The highest BCUT2D eigenvalue weighted by Gasteiger charge is 2.15. The molecule has 0 spiro atoms. The summed E-state index contributed by atoms with van der Waals surface area (Å²) in [5, 5.41) is 0. The van der Waals surface area contributed by atoms with Crippen LogP contribution >= 0.6 is 0 Å². The molecule has 1 aromatic rings. The largest absolute Gasteiger partial charge is 0.278 e. The second kappa shape index (κ2) is 6.50. The van der Waals surface area contributed by atoms with Crippen molar-refractivity contribution in [1.29, 1.82) is 0 Å². The van der Waals surface area contributed by atoms with E-state index < -0.39 is 10.2 Å². The molecule has 108 valence electrons. The Hall–Kier alpha value is -0.910. The molecule has 1 atom stereocenters. The first-order chi connectivity index (χ1) is 8.74. The van der Waals surface area contributed by atoms with Crippen LogP contribution in [0.2, 0.25) is 0 Å². The highest BCUT2D eigenvalue weighted by Crippen LogP contribution is 2.19. The molecule has 19 heavy (non-hydrogen) atoms. The Labute approximate surface area is 117 Å². The Bertz CT molecular complexity index is 493. The summed E-state index contributed by atoms with van der Waals surface area (Å²) in [6.45, 7) is 6.73. The molecule has 1 rings (SSSR count). The fourth-order valence-corrected chi connectivity index (χ4v) is 2.41. The van der Waals surface area contributed by atoms with Crippen LogP contribution in [0.3, 0.4) is 0 Å². The zero-order valence-corrected chi connectivity index (χ0v) is 13.2. The van der Waals surface area contributed by atoms with Crippen molar-refractivity contribution in [1.82, 2.24) is 9.03 Å². The summed E-state index contributed by atoms with van der Waals surface area (Å²) >= 11 is 0. The number of nitrogens with zero attached hydrogens (tertiary/aromatic N) is 1. The molecule has 5 heteroatoms. The van der Waals surface area contributed by atoms with Crippen molar-refractivity contribution in [2.45, 2.75) is 32.6 Å². The van der Waals surface area contributed by atoms with Crippen LogP contribution in [0.5, 0.6) is 0 Å². The predicted octanol–water partition coefficient (Wildman–Crippen LogP) is 2.31. The van der Waals surface area contributed by atoms with Gasteiger partial charge in [-0.2, -0.15) is 12.7 Å². The molecule has 0 aliphatic heterocycles. The molecule has 0 fully saturated rings. The lowest BCUT2D eigenvalue weighted by Crippen LogP contribution is -2.37. The second-order valence-electron chi connectivity index (χ2n) is 5.36. The van der Waals surface area contributed by atoms with Gasteiger partial charge in [-0.25, -0.2) is 4.72 Å². The van der Waals surface area contributed by atoms with Crippen LogP contribution in [0.25, 0.3) is 0 Å². The zero-order chi connectivity index (χ0) is 14.6. The van der Waals surface area contributed by atoms with E-state index >= 15 is 0 Å². The van der Waals surface area contributed by atoms with E-state index in [1.807, 2.05) is 6.92 Å². The molecular formula is C14H24N2O2S. The van der Waals surface area contributed by atoms with E-state index in [1.165, 1.54) is 24.0 Å². The average molecular weight is 284 g/mol. The van der Waals surface area contributed by atoms with Crippen LogP contribution < -0.4 is 4.72 Å². The monoisotopic (exact) mass is 284 g/mol. The van der Waals surface area contributed by atoms with Gasteiger partial charge in [0.05, 0.1) is 0 Å². The summed E-state index contributed by atoms with van der Waals surface area (Å²) in [5.41, 5.74) is 2.44. The standard InChI is InChI=1S/C14H24N2O2S/c1-11(2)13-6-8-14(9-7-13)12(3)10-15-19(17,18)16(4)5/h6-9,11-12,15H,10H2,1-5H3.